The molecule has 1 aromatic heterocycles. The molecule has 1 aromatic carbocycles. The van der Waals surface area contributed by atoms with Crippen molar-refractivity contribution in [2.75, 3.05) is 18.9 Å². The Kier molecular flexibility index (Phi) is 3.59. The number of nitrogen functional groups attached to an aromatic ring is 1. The second-order valence-corrected chi connectivity index (χ2v) is 5.71. The Morgan fingerprint density at radius 2 is 2.20 bits per heavy atom. The molecule has 1 fully saturated rings. The highest BCUT2D eigenvalue weighted by Crippen LogP contribution is 2.27. The third kappa shape index (κ3) is 2.37. The van der Waals surface area contributed by atoms with Gasteiger partial charge >= 0.3 is 0 Å². The van der Waals surface area contributed by atoms with E-state index in [1.807, 2.05) is 18.2 Å². The molecule has 0 aliphatic carbocycles. The maximum Gasteiger partial charge on any atom is 0.128 e. The number of nitrogens with two attached hydrogens (primary N) is 1. The van der Waals surface area contributed by atoms with Gasteiger partial charge in [-0.15, -0.1) is 0 Å². The Labute approximate surface area is 119 Å². The van der Waals surface area contributed by atoms with Crippen LogP contribution in [0.2, 0.25) is 0 Å². The maximum absolute atomic E-state index is 9.54. The molecule has 1 saturated heterocycles. The molecule has 3 N–H and O–H groups in total. The lowest BCUT2D eigenvalue weighted by Crippen LogP contribution is -2.34. The third-order valence-corrected chi connectivity index (χ3v) is 4.39. The first-order valence-corrected chi connectivity index (χ1v) is 7.18. The number of para-hydroxylation sites is 1. The van der Waals surface area contributed by atoms with E-state index in [2.05, 4.69) is 28.9 Å². The van der Waals surface area contributed by atoms with Crippen molar-refractivity contribution in [2.24, 2.45) is 5.92 Å². The monoisotopic (exact) mass is 271 g/mol. The van der Waals surface area contributed by atoms with Gasteiger partial charge in [0.2, 0.25) is 0 Å². The predicted molar refractivity (Wildman–Crippen MR) is 81.2 cm³/mol. The summed E-state index contributed by atoms with van der Waals surface area (Å²) >= 11 is 0. The number of nitrogens with zero attached hydrogens (tertiary/aromatic N) is 2. The molecule has 4 nitrogen and oxygen atoms in total. The van der Waals surface area contributed by atoms with Crippen LogP contribution in [0.1, 0.15) is 18.9 Å². The van der Waals surface area contributed by atoms with E-state index < -0.39 is 0 Å². The summed E-state index contributed by atoms with van der Waals surface area (Å²) in [4.78, 5) is 6.79. The van der Waals surface area contributed by atoms with Gasteiger partial charge in [0.15, 0.2) is 0 Å². The molecule has 0 amide bonds. The zero-order valence-corrected chi connectivity index (χ0v) is 11.8. The lowest BCUT2D eigenvalue weighted by Gasteiger charge is -2.25. The van der Waals surface area contributed by atoms with Crippen LogP contribution in [-0.2, 0) is 6.54 Å². The minimum Gasteiger partial charge on any atom is -0.395 e. The minimum absolute atomic E-state index is 0.210. The van der Waals surface area contributed by atoms with Crippen LogP contribution in [0.25, 0.3) is 10.9 Å². The van der Waals surface area contributed by atoms with Crippen molar-refractivity contribution in [3.63, 3.8) is 0 Å². The van der Waals surface area contributed by atoms with E-state index >= 15 is 0 Å². The summed E-state index contributed by atoms with van der Waals surface area (Å²) in [5, 5.41) is 10.7. The second kappa shape index (κ2) is 5.38. The molecule has 3 rings (SSSR count). The molecule has 2 unspecified atom stereocenters. The van der Waals surface area contributed by atoms with E-state index in [1.165, 1.54) is 0 Å². The number of aromatic nitrogens is 1. The van der Waals surface area contributed by atoms with Gasteiger partial charge in [-0.05, 0) is 31.0 Å². The fourth-order valence-corrected chi connectivity index (χ4v) is 3.10. The second-order valence-electron chi connectivity index (χ2n) is 5.71. The quantitative estimate of drug-likeness (QED) is 0.896. The van der Waals surface area contributed by atoms with Gasteiger partial charge < -0.3 is 10.8 Å². The lowest BCUT2D eigenvalue weighted by atomic mass is 10.0. The fourth-order valence-electron chi connectivity index (χ4n) is 3.10. The highest BCUT2D eigenvalue weighted by atomic mass is 16.3. The molecule has 20 heavy (non-hydrogen) atoms. The smallest absolute Gasteiger partial charge is 0.128 e. The molecule has 2 aromatic rings. The van der Waals surface area contributed by atoms with Gasteiger partial charge in [-0.25, -0.2) is 4.98 Å². The number of hydrogen-bond acceptors (Lipinski definition) is 4. The van der Waals surface area contributed by atoms with E-state index in [-0.39, 0.29) is 12.6 Å². The van der Waals surface area contributed by atoms with Crippen molar-refractivity contribution < 1.29 is 5.11 Å². The summed E-state index contributed by atoms with van der Waals surface area (Å²) in [6.07, 6.45) is 1.13. The average Bonchev–Trinajstić information content (AvgIpc) is 2.80. The first-order chi connectivity index (χ1) is 9.69. The van der Waals surface area contributed by atoms with Crippen molar-refractivity contribution >= 4 is 16.7 Å². The van der Waals surface area contributed by atoms with E-state index in [4.69, 9.17) is 5.73 Å². The molecule has 4 heteroatoms. The van der Waals surface area contributed by atoms with Gasteiger partial charge in [0.1, 0.15) is 5.82 Å². The number of anilines is 1. The number of pyridine rings is 1. The fraction of sp³-hybridized carbons (Fsp3) is 0.438. The van der Waals surface area contributed by atoms with Gasteiger partial charge in [0.25, 0.3) is 0 Å². The Morgan fingerprint density at radius 3 is 3.00 bits per heavy atom. The summed E-state index contributed by atoms with van der Waals surface area (Å²) in [5.41, 5.74) is 8.07. The topological polar surface area (TPSA) is 62.4 Å². The molecule has 1 aliphatic rings. The van der Waals surface area contributed by atoms with Crippen molar-refractivity contribution in [1.29, 1.82) is 0 Å². The molecule has 0 radical (unpaired) electrons. The largest absolute Gasteiger partial charge is 0.395 e. The molecule has 0 saturated carbocycles. The normalized spacial score (nSPS) is 23.5. The van der Waals surface area contributed by atoms with Crippen LogP contribution in [0, 0.1) is 5.92 Å². The summed E-state index contributed by atoms with van der Waals surface area (Å²) in [5.74, 6) is 1.13. The van der Waals surface area contributed by atoms with Gasteiger partial charge in [0.05, 0.1) is 12.1 Å². The molecular formula is C16H21N3O. The standard InChI is InChI=1S/C16H21N3O/c1-11-6-7-19(15(11)10-20)9-13-8-12-4-2-3-5-14(12)18-16(13)17/h2-5,8,11,15,20H,6-7,9-10H2,1H3,(H2,17,18). The van der Waals surface area contributed by atoms with Crippen LogP contribution in [0.15, 0.2) is 30.3 Å². The number of benzene rings is 1. The molecule has 0 spiro atoms. The maximum atomic E-state index is 9.54. The van der Waals surface area contributed by atoms with E-state index in [1.54, 1.807) is 0 Å². The van der Waals surface area contributed by atoms with Crippen LogP contribution in [0.4, 0.5) is 5.82 Å². The number of hydrogen-bond donors (Lipinski definition) is 2. The number of rotatable bonds is 3. The zero-order chi connectivity index (χ0) is 14.1. The van der Waals surface area contributed by atoms with E-state index in [0.29, 0.717) is 11.7 Å². The van der Waals surface area contributed by atoms with Crippen LogP contribution in [0.5, 0.6) is 0 Å². The van der Waals surface area contributed by atoms with E-state index in [0.717, 1.165) is 36.0 Å². The first kappa shape index (κ1) is 13.3. The van der Waals surface area contributed by atoms with Crippen molar-refractivity contribution in [1.82, 2.24) is 9.88 Å². The van der Waals surface area contributed by atoms with Crippen LogP contribution >= 0.6 is 0 Å². The third-order valence-electron chi connectivity index (χ3n) is 4.39. The molecule has 0 bridgehead atoms. The van der Waals surface area contributed by atoms with Crippen LogP contribution < -0.4 is 5.73 Å². The lowest BCUT2D eigenvalue weighted by molar-refractivity contribution is 0.134. The van der Waals surface area contributed by atoms with Crippen LogP contribution in [0.3, 0.4) is 0 Å². The van der Waals surface area contributed by atoms with Gasteiger partial charge in [0, 0.05) is 23.5 Å². The number of fused-ring (bicyclic) bond motifs is 1. The van der Waals surface area contributed by atoms with Crippen molar-refractivity contribution in [2.45, 2.75) is 25.9 Å². The Morgan fingerprint density at radius 1 is 1.40 bits per heavy atom. The number of aliphatic hydroxyl groups excluding tert-OH is 1. The summed E-state index contributed by atoms with van der Waals surface area (Å²) in [6.45, 7) is 4.18. The summed E-state index contributed by atoms with van der Waals surface area (Å²) < 4.78 is 0. The van der Waals surface area contributed by atoms with Crippen molar-refractivity contribution in [3.05, 3.63) is 35.9 Å². The molecule has 106 valence electrons. The molecule has 2 atom stereocenters. The minimum atomic E-state index is 0.210. The average molecular weight is 271 g/mol. The van der Waals surface area contributed by atoms with Crippen molar-refractivity contribution in [3.8, 4) is 0 Å². The predicted octanol–water partition coefficient (Wildman–Crippen LogP) is 2.02. The Hall–Kier alpha value is -1.65. The SMILES string of the molecule is CC1CCN(Cc2cc3ccccc3nc2N)C1CO. The van der Waals surface area contributed by atoms with Gasteiger partial charge in [-0.1, -0.05) is 25.1 Å². The van der Waals surface area contributed by atoms with Gasteiger partial charge in [-0.2, -0.15) is 0 Å². The van der Waals surface area contributed by atoms with E-state index in [9.17, 15) is 5.11 Å². The molecule has 2 heterocycles. The molecular weight excluding hydrogens is 250 g/mol. The number of likely N-dealkylation sites (tertiary alicyclic amines) is 1. The van der Waals surface area contributed by atoms with Crippen LogP contribution in [-0.4, -0.2) is 34.2 Å². The summed E-state index contributed by atoms with van der Waals surface area (Å²) in [6, 6.07) is 10.4. The summed E-state index contributed by atoms with van der Waals surface area (Å²) in [7, 11) is 0. The Balaban J connectivity index is 1.89. The van der Waals surface area contributed by atoms with Gasteiger partial charge in [-0.3, -0.25) is 4.90 Å². The first-order valence-electron chi connectivity index (χ1n) is 7.18. The zero-order valence-electron chi connectivity index (χ0n) is 11.8. The highest BCUT2D eigenvalue weighted by molar-refractivity contribution is 5.81. The highest BCUT2D eigenvalue weighted by Gasteiger charge is 2.30. The Bertz CT molecular complexity index is 614. The number of aliphatic hydroxyl groups is 1. The molecule has 1 aliphatic heterocycles.